The van der Waals surface area contributed by atoms with Crippen LogP contribution in [0.2, 0.25) is 10.0 Å². The number of carbonyl (C=O) groups excluding carboxylic acids is 2. The minimum atomic E-state index is -0.352. The number of amides is 2. The summed E-state index contributed by atoms with van der Waals surface area (Å²) in [5, 5.41) is 6.47. The van der Waals surface area contributed by atoms with Crippen LogP contribution in [0.25, 0.3) is 0 Å². The van der Waals surface area contributed by atoms with Crippen LogP contribution in [0.5, 0.6) is 5.75 Å². The first-order valence-electron chi connectivity index (χ1n) is 8.28. The molecule has 0 aliphatic rings. The smallest absolute Gasteiger partial charge is 0.259 e. The molecule has 7 heteroatoms. The van der Waals surface area contributed by atoms with E-state index in [1.165, 1.54) is 13.2 Å². The van der Waals surface area contributed by atoms with E-state index < -0.39 is 0 Å². The molecule has 0 aliphatic heterocycles. The Morgan fingerprint density at radius 1 is 0.786 bits per heavy atom. The van der Waals surface area contributed by atoms with E-state index in [1.807, 2.05) is 0 Å². The molecule has 0 radical (unpaired) electrons. The first-order chi connectivity index (χ1) is 13.5. The summed E-state index contributed by atoms with van der Waals surface area (Å²) >= 11 is 11.9. The summed E-state index contributed by atoms with van der Waals surface area (Å²) in [5.41, 5.74) is 1.93. The van der Waals surface area contributed by atoms with Crippen molar-refractivity contribution in [2.45, 2.75) is 0 Å². The molecule has 0 spiro atoms. The Balaban J connectivity index is 1.68. The van der Waals surface area contributed by atoms with E-state index in [0.717, 1.165) is 0 Å². The largest absolute Gasteiger partial charge is 0.496 e. The molecule has 0 saturated heterocycles. The molecule has 5 nitrogen and oxygen atoms in total. The molecule has 3 rings (SSSR count). The van der Waals surface area contributed by atoms with E-state index >= 15 is 0 Å². The second kappa shape index (κ2) is 8.78. The number of rotatable bonds is 5. The second-order valence-electron chi connectivity index (χ2n) is 5.84. The molecule has 0 aromatic heterocycles. The van der Waals surface area contributed by atoms with E-state index in [0.29, 0.717) is 38.3 Å². The van der Waals surface area contributed by atoms with Gasteiger partial charge in [0.1, 0.15) is 5.75 Å². The number of hydrogen-bond acceptors (Lipinski definition) is 3. The molecule has 3 aromatic rings. The fourth-order valence-electron chi connectivity index (χ4n) is 2.53. The normalized spacial score (nSPS) is 10.2. The lowest BCUT2D eigenvalue weighted by molar-refractivity contribution is 0.101. The van der Waals surface area contributed by atoms with Gasteiger partial charge in [-0.3, -0.25) is 9.59 Å². The van der Waals surface area contributed by atoms with Crippen molar-refractivity contribution in [1.82, 2.24) is 0 Å². The maximum atomic E-state index is 12.5. The van der Waals surface area contributed by atoms with Gasteiger partial charge in [0, 0.05) is 27.0 Å². The van der Waals surface area contributed by atoms with Crippen LogP contribution in [0.1, 0.15) is 20.7 Å². The van der Waals surface area contributed by atoms with Gasteiger partial charge in [-0.25, -0.2) is 0 Å². The van der Waals surface area contributed by atoms with Gasteiger partial charge in [-0.05, 0) is 60.7 Å². The van der Waals surface area contributed by atoms with Crippen LogP contribution < -0.4 is 15.4 Å². The number of ether oxygens (including phenoxy) is 1. The molecule has 2 N–H and O–H groups in total. The molecular weight excluding hydrogens is 399 g/mol. The molecule has 3 aromatic carbocycles. The minimum absolute atomic E-state index is 0.275. The zero-order valence-corrected chi connectivity index (χ0v) is 16.3. The highest BCUT2D eigenvalue weighted by molar-refractivity contribution is 6.31. The summed E-state index contributed by atoms with van der Waals surface area (Å²) < 4.78 is 5.20. The highest BCUT2D eigenvalue weighted by Crippen LogP contribution is 2.24. The summed E-state index contributed by atoms with van der Waals surface area (Å²) in [4.78, 5) is 24.7. The molecule has 0 aliphatic carbocycles. The molecule has 142 valence electrons. The van der Waals surface area contributed by atoms with E-state index in [4.69, 9.17) is 27.9 Å². The number of carbonyl (C=O) groups is 2. The minimum Gasteiger partial charge on any atom is -0.496 e. The van der Waals surface area contributed by atoms with Crippen molar-refractivity contribution >= 4 is 46.4 Å². The Bertz CT molecular complexity index is 1020. The van der Waals surface area contributed by atoms with E-state index in [9.17, 15) is 9.59 Å². The molecule has 0 atom stereocenters. The fourth-order valence-corrected chi connectivity index (χ4v) is 2.89. The Hall–Kier alpha value is -3.02. The first-order valence-corrected chi connectivity index (χ1v) is 9.04. The monoisotopic (exact) mass is 414 g/mol. The summed E-state index contributed by atoms with van der Waals surface area (Å²) in [6.07, 6.45) is 0. The van der Waals surface area contributed by atoms with E-state index in [-0.39, 0.29) is 11.8 Å². The lowest BCUT2D eigenvalue weighted by Crippen LogP contribution is -2.14. The van der Waals surface area contributed by atoms with Gasteiger partial charge in [0.2, 0.25) is 0 Å². The number of benzene rings is 3. The van der Waals surface area contributed by atoms with Crippen LogP contribution >= 0.6 is 23.2 Å². The Kier molecular flexibility index (Phi) is 6.19. The average Bonchev–Trinajstić information content (AvgIpc) is 2.69. The van der Waals surface area contributed by atoms with Crippen LogP contribution in [0.4, 0.5) is 11.4 Å². The molecule has 28 heavy (non-hydrogen) atoms. The van der Waals surface area contributed by atoms with Gasteiger partial charge in [-0.2, -0.15) is 0 Å². The van der Waals surface area contributed by atoms with Crippen molar-refractivity contribution in [1.29, 1.82) is 0 Å². The molecule has 0 unspecified atom stereocenters. The predicted octanol–water partition coefficient (Wildman–Crippen LogP) is 5.51. The molecule has 2 amide bonds. The number of nitrogens with one attached hydrogen (secondary N) is 2. The highest BCUT2D eigenvalue weighted by Gasteiger charge is 2.13. The molecule has 0 fully saturated rings. The number of methoxy groups -OCH3 is 1. The van der Waals surface area contributed by atoms with Crippen LogP contribution in [-0.2, 0) is 0 Å². The van der Waals surface area contributed by atoms with Gasteiger partial charge < -0.3 is 15.4 Å². The lowest BCUT2D eigenvalue weighted by atomic mass is 10.1. The third kappa shape index (κ3) is 4.82. The van der Waals surface area contributed by atoms with E-state index in [2.05, 4.69) is 10.6 Å². The van der Waals surface area contributed by atoms with Crippen LogP contribution in [0, 0.1) is 0 Å². The van der Waals surface area contributed by atoms with Crippen LogP contribution in [-0.4, -0.2) is 18.9 Å². The summed E-state index contributed by atoms with van der Waals surface area (Å²) in [5.74, 6) is -0.203. The summed E-state index contributed by atoms with van der Waals surface area (Å²) in [6, 6.07) is 18.2. The van der Waals surface area contributed by atoms with Crippen molar-refractivity contribution in [3.63, 3.8) is 0 Å². The molecule has 0 bridgehead atoms. The Labute approximate surface area is 172 Å². The number of hydrogen-bond donors (Lipinski definition) is 2. The number of halogens is 2. The maximum absolute atomic E-state index is 12.5. The average molecular weight is 415 g/mol. The van der Waals surface area contributed by atoms with Crippen LogP contribution in [0.15, 0.2) is 66.7 Å². The van der Waals surface area contributed by atoms with Gasteiger partial charge in [0.15, 0.2) is 0 Å². The second-order valence-corrected chi connectivity index (χ2v) is 6.71. The first kappa shape index (κ1) is 19.7. The van der Waals surface area contributed by atoms with Crippen LogP contribution in [0.3, 0.4) is 0 Å². The van der Waals surface area contributed by atoms with Gasteiger partial charge in [-0.1, -0.05) is 29.3 Å². The third-order valence-electron chi connectivity index (χ3n) is 3.89. The zero-order chi connectivity index (χ0) is 20.1. The molecule has 0 heterocycles. The van der Waals surface area contributed by atoms with Crippen molar-refractivity contribution in [3.05, 3.63) is 87.9 Å². The SMILES string of the molecule is COc1ccc(Cl)cc1C(=O)Nc1ccc(NC(=O)c2cccc(Cl)c2)cc1. The predicted molar refractivity (Wildman–Crippen MR) is 112 cm³/mol. The van der Waals surface area contributed by atoms with Crippen molar-refractivity contribution in [3.8, 4) is 5.75 Å². The topological polar surface area (TPSA) is 67.4 Å². The van der Waals surface area contributed by atoms with Crippen molar-refractivity contribution in [2.75, 3.05) is 17.7 Å². The van der Waals surface area contributed by atoms with Crippen molar-refractivity contribution in [2.24, 2.45) is 0 Å². The fraction of sp³-hybridized carbons (Fsp3) is 0.0476. The van der Waals surface area contributed by atoms with Crippen molar-refractivity contribution < 1.29 is 14.3 Å². The van der Waals surface area contributed by atoms with Gasteiger partial charge in [-0.15, -0.1) is 0 Å². The quantitative estimate of drug-likeness (QED) is 0.578. The Morgan fingerprint density at radius 2 is 1.39 bits per heavy atom. The number of anilines is 2. The zero-order valence-electron chi connectivity index (χ0n) is 14.8. The van der Waals surface area contributed by atoms with Gasteiger partial charge in [0.25, 0.3) is 11.8 Å². The highest BCUT2D eigenvalue weighted by atomic mass is 35.5. The maximum Gasteiger partial charge on any atom is 0.259 e. The van der Waals surface area contributed by atoms with Gasteiger partial charge >= 0.3 is 0 Å². The van der Waals surface area contributed by atoms with E-state index in [1.54, 1.807) is 60.7 Å². The third-order valence-corrected chi connectivity index (χ3v) is 4.36. The molecular formula is C21H16Cl2N2O3. The molecule has 0 saturated carbocycles. The van der Waals surface area contributed by atoms with Gasteiger partial charge in [0.05, 0.1) is 12.7 Å². The summed E-state index contributed by atoms with van der Waals surface area (Å²) in [7, 11) is 1.48. The summed E-state index contributed by atoms with van der Waals surface area (Å²) in [6.45, 7) is 0. The standard InChI is InChI=1S/C21H16Cl2N2O3/c1-28-19-10-5-15(23)12-18(19)21(27)25-17-8-6-16(7-9-17)24-20(26)13-3-2-4-14(22)11-13/h2-12H,1H3,(H,24,26)(H,25,27). The Morgan fingerprint density at radius 3 is 2.00 bits per heavy atom. The lowest BCUT2D eigenvalue weighted by Gasteiger charge is -2.11.